The second kappa shape index (κ2) is 12.3. The van der Waals surface area contributed by atoms with E-state index in [0.717, 1.165) is 44.2 Å². The third kappa shape index (κ3) is 4.93. The van der Waals surface area contributed by atoms with Gasteiger partial charge in [-0.1, -0.05) is 121 Å². The molecule has 0 atom stereocenters. The normalized spacial score (nSPS) is 11.6. The zero-order valence-electron chi connectivity index (χ0n) is 29.6. The molecule has 3 heteroatoms. The summed E-state index contributed by atoms with van der Waals surface area (Å²) in [5.74, 6) is 0. The molecule has 0 saturated heterocycles. The molecule has 0 aliphatic heterocycles. The Morgan fingerprint density at radius 1 is 0.400 bits per heavy atom. The number of benzene rings is 9. The van der Waals surface area contributed by atoms with Gasteiger partial charge in [0.1, 0.15) is 11.2 Å². The van der Waals surface area contributed by atoms with Gasteiger partial charge in [-0.25, -0.2) is 0 Å². The van der Waals surface area contributed by atoms with Crippen molar-refractivity contribution in [2.24, 2.45) is 0 Å². The number of aromatic nitrogens is 1. The summed E-state index contributed by atoms with van der Waals surface area (Å²) in [5, 5.41) is 21.2. The first-order valence-corrected chi connectivity index (χ1v) is 18.5. The minimum Gasteiger partial charge on any atom is -0.456 e. The van der Waals surface area contributed by atoms with Crippen molar-refractivity contribution in [2.45, 2.75) is 0 Å². The lowest BCUT2D eigenvalue weighted by Crippen LogP contribution is -1.94. The Morgan fingerprint density at radius 2 is 0.927 bits per heavy atom. The Bertz CT molecular complexity index is 3380. The minimum atomic E-state index is 0.616. The minimum absolute atomic E-state index is 0.616. The molecule has 3 nitrogen and oxygen atoms in total. The molecule has 0 bridgehead atoms. The molecule has 0 N–H and O–H groups in total. The number of hydrogen-bond acceptors (Lipinski definition) is 3. The molecule has 9 aromatic carbocycles. The third-order valence-corrected chi connectivity index (χ3v) is 11.2. The first kappa shape index (κ1) is 31.0. The van der Waals surface area contributed by atoms with Gasteiger partial charge in [0.2, 0.25) is 0 Å². The molecule has 11 rings (SSSR count). The Balaban J connectivity index is 1.28. The van der Waals surface area contributed by atoms with E-state index in [0.29, 0.717) is 5.56 Å². The van der Waals surface area contributed by atoms with Crippen LogP contribution in [0.2, 0.25) is 0 Å². The highest BCUT2D eigenvalue weighted by Gasteiger charge is 2.21. The van der Waals surface area contributed by atoms with Crippen LogP contribution in [0.15, 0.2) is 187 Å². The van der Waals surface area contributed by atoms with Gasteiger partial charge in [-0.3, -0.25) is 4.98 Å². The largest absolute Gasteiger partial charge is 0.456 e. The summed E-state index contributed by atoms with van der Waals surface area (Å²) in [4.78, 5) is 4.47. The maximum Gasteiger partial charge on any atom is 0.135 e. The highest BCUT2D eigenvalue weighted by Crippen LogP contribution is 2.48. The number of pyridine rings is 1. The van der Waals surface area contributed by atoms with E-state index in [2.05, 4.69) is 157 Å². The van der Waals surface area contributed by atoms with Crippen LogP contribution in [-0.2, 0) is 0 Å². The Labute approximate surface area is 317 Å². The summed E-state index contributed by atoms with van der Waals surface area (Å²) in [6, 6.07) is 62.9. The molecule has 0 radical (unpaired) electrons. The Kier molecular flexibility index (Phi) is 6.92. The molecule has 2 aromatic heterocycles. The zero-order chi connectivity index (χ0) is 36.5. The topological polar surface area (TPSA) is 49.8 Å². The fourth-order valence-corrected chi connectivity index (χ4v) is 8.61. The summed E-state index contributed by atoms with van der Waals surface area (Å²) >= 11 is 0. The predicted molar refractivity (Wildman–Crippen MR) is 228 cm³/mol. The highest BCUT2D eigenvalue weighted by atomic mass is 16.3. The lowest BCUT2D eigenvalue weighted by molar-refractivity contribution is 0.669. The van der Waals surface area contributed by atoms with Crippen LogP contribution in [-0.4, -0.2) is 4.98 Å². The van der Waals surface area contributed by atoms with E-state index >= 15 is 0 Å². The van der Waals surface area contributed by atoms with Crippen LogP contribution in [0.5, 0.6) is 0 Å². The van der Waals surface area contributed by atoms with E-state index in [-0.39, 0.29) is 0 Å². The molecular weight excluding hydrogens is 669 g/mol. The SMILES string of the molecule is N#Cc1ccc2oc3ccc(-c4ccc5c(-c6cccc7ccccc67)c6cc(-c7cccnc7)ccc6c(-c6cccc7ccccc67)c5c4)cc3c2c1. The number of furan rings is 1. The van der Waals surface area contributed by atoms with E-state index in [1.54, 1.807) is 6.07 Å². The monoisotopic (exact) mass is 698 g/mol. The molecular formula is C52H30N2O. The maximum atomic E-state index is 9.65. The zero-order valence-corrected chi connectivity index (χ0v) is 29.6. The van der Waals surface area contributed by atoms with Crippen LogP contribution >= 0.6 is 0 Å². The van der Waals surface area contributed by atoms with Crippen LogP contribution < -0.4 is 0 Å². The second-order valence-electron chi connectivity index (χ2n) is 14.2. The summed E-state index contributed by atoms with van der Waals surface area (Å²) in [7, 11) is 0. The summed E-state index contributed by atoms with van der Waals surface area (Å²) in [5.41, 5.74) is 11.4. The van der Waals surface area contributed by atoms with Gasteiger partial charge in [-0.15, -0.1) is 0 Å². The molecule has 0 amide bonds. The number of nitriles is 1. The third-order valence-electron chi connectivity index (χ3n) is 11.2. The standard InChI is InChI=1S/C52H30N2O/c53-30-32-17-23-49-45(26-32)46-27-36(20-24-50(46)55-49)35-18-21-43-47(28-35)51(41-15-5-10-33-8-1-3-13-39(33)41)44-22-19-37(38-12-7-25-54-31-38)29-48(44)52(43)42-16-6-11-34-9-2-4-14-40(34)42/h1-29,31H. The van der Waals surface area contributed by atoms with Crippen molar-refractivity contribution in [3.8, 4) is 50.6 Å². The molecule has 55 heavy (non-hydrogen) atoms. The number of hydrogen-bond donors (Lipinski definition) is 0. The van der Waals surface area contributed by atoms with E-state index in [9.17, 15) is 5.26 Å². The van der Waals surface area contributed by atoms with Crippen LogP contribution in [0, 0.1) is 11.3 Å². The summed E-state index contributed by atoms with van der Waals surface area (Å²) in [6.45, 7) is 0. The van der Waals surface area contributed by atoms with E-state index in [1.165, 1.54) is 65.3 Å². The average molecular weight is 699 g/mol. The molecule has 0 aliphatic carbocycles. The molecule has 2 heterocycles. The van der Waals surface area contributed by atoms with Crippen molar-refractivity contribution in [2.75, 3.05) is 0 Å². The molecule has 0 saturated carbocycles. The molecule has 0 aliphatic rings. The summed E-state index contributed by atoms with van der Waals surface area (Å²) < 4.78 is 6.21. The van der Waals surface area contributed by atoms with Crippen LogP contribution in [0.1, 0.15) is 5.56 Å². The van der Waals surface area contributed by atoms with Gasteiger partial charge >= 0.3 is 0 Å². The first-order valence-electron chi connectivity index (χ1n) is 18.5. The molecule has 0 fully saturated rings. The number of nitrogens with zero attached hydrogens (tertiary/aromatic N) is 2. The molecule has 254 valence electrons. The molecule has 0 unspecified atom stereocenters. The quantitative estimate of drug-likeness (QED) is 0.172. The fourth-order valence-electron chi connectivity index (χ4n) is 8.61. The Morgan fingerprint density at radius 3 is 1.53 bits per heavy atom. The highest BCUT2D eigenvalue weighted by molar-refractivity contribution is 6.26. The lowest BCUT2D eigenvalue weighted by atomic mass is 9.82. The van der Waals surface area contributed by atoms with E-state index < -0.39 is 0 Å². The van der Waals surface area contributed by atoms with Crippen LogP contribution in [0.4, 0.5) is 0 Å². The van der Waals surface area contributed by atoms with Crippen molar-refractivity contribution >= 4 is 65.0 Å². The number of rotatable bonds is 4. The van der Waals surface area contributed by atoms with Crippen LogP contribution in [0.25, 0.3) is 110 Å². The van der Waals surface area contributed by atoms with Gasteiger partial charge in [0.05, 0.1) is 11.6 Å². The van der Waals surface area contributed by atoms with Crippen molar-refractivity contribution in [3.63, 3.8) is 0 Å². The van der Waals surface area contributed by atoms with Crippen molar-refractivity contribution < 1.29 is 4.42 Å². The molecule has 0 spiro atoms. The fraction of sp³-hybridized carbons (Fsp3) is 0. The second-order valence-corrected chi connectivity index (χ2v) is 14.2. The van der Waals surface area contributed by atoms with Gasteiger partial charge in [-0.05, 0) is 131 Å². The number of fused-ring (bicyclic) bond motifs is 7. The predicted octanol–water partition coefficient (Wildman–Crippen LogP) is 14.1. The lowest BCUT2D eigenvalue weighted by Gasteiger charge is -2.21. The van der Waals surface area contributed by atoms with Crippen molar-refractivity contribution in [1.82, 2.24) is 4.98 Å². The van der Waals surface area contributed by atoms with Crippen molar-refractivity contribution in [3.05, 3.63) is 188 Å². The van der Waals surface area contributed by atoms with Gasteiger partial charge in [0.15, 0.2) is 0 Å². The maximum absolute atomic E-state index is 9.65. The summed E-state index contributed by atoms with van der Waals surface area (Å²) in [6.07, 6.45) is 3.77. The average Bonchev–Trinajstić information content (AvgIpc) is 3.62. The van der Waals surface area contributed by atoms with E-state index in [1.807, 2.05) is 30.6 Å². The van der Waals surface area contributed by atoms with Gasteiger partial charge in [0.25, 0.3) is 0 Å². The van der Waals surface area contributed by atoms with Crippen LogP contribution in [0.3, 0.4) is 0 Å². The van der Waals surface area contributed by atoms with Crippen molar-refractivity contribution in [1.29, 1.82) is 5.26 Å². The molecule has 11 aromatic rings. The van der Waals surface area contributed by atoms with E-state index in [4.69, 9.17) is 4.42 Å². The van der Waals surface area contributed by atoms with Gasteiger partial charge in [-0.2, -0.15) is 5.26 Å². The van der Waals surface area contributed by atoms with Gasteiger partial charge < -0.3 is 4.42 Å². The smallest absolute Gasteiger partial charge is 0.135 e. The first-order chi connectivity index (χ1) is 27.2. The Hall–Kier alpha value is -7.54. The van der Waals surface area contributed by atoms with Gasteiger partial charge in [0, 0.05) is 28.7 Å².